The predicted molar refractivity (Wildman–Crippen MR) is 119 cm³/mol. The molecule has 0 bridgehead atoms. The van der Waals surface area contributed by atoms with Crippen molar-refractivity contribution in [2.24, 2.45) is 5.92 Å². The molecule has 3 nitrogen and oxygen atoms in total. The van der Waals surface area contributed by atoms with Crippen LogP contribution in [-0.2, 0) is 24.1 Å². The van der Waals surface area contributed by atoms with Crippen LogP contribution in [0.1, 0.15) is 61.3 Å². The summed E-state index contributed by atoms with van der Waals surface area (Å²) in [7, 11) is 0. The molecule has 2 heterocycles. The lowest BCUT2D eigenvalue weighted by Crippen LogP contribution is -2.55. The Labute approximate surface area is 188 Å². The fourth-order valence-corrected chi connectivity index (χ4v) is 5.04. The van der Waals surface area contributed by atoms with Crippen LogP contribution in [0.25, 0.3) is 0 Å². The largest absolute Gasteiger partial charge is 0.416 e. The van der Waals surface area contributed by atoms with Gasteiger partial charge in [-0.3, -0.25) is 9.69 Å². The molecule has 4 rings (SSSR count). The van der Waals surface area contributed by atoms with E-state index in [-0.39, 0.29) is 11.9 Å². The maximum Gasteiger partial charge on any atom is 0.416 e. The zero-order valence-electron chi connectivity index (χ0n) is 18.7. The SMILES string of the molecule is CC(C)c1ccc(CN2CC[C@@H]3[C@@H](CCC(=O)N3Cc3ccc(C(F)(F)F)cc3)C2)cc1. The van der Waals surface area contributed by atoms with Crippen LogP contribution < -0.4 is 0 Å². The van der Waals surface area contributed by atoms with E-state index in [1.165, 1.54) is 23.3 Å². The van der Waals surface area contributed by atoms with Gasteiger partial charge in [-0.1, -0.05) is 50.2 Å². The fourth-order valence-electron chi connectivity index (χ4n) is 5.04. The Bertz CT molecular complexity index is 922. The number of benzene rings is 2. The van der Waals surface area contributed by atoms with Gasteiger partial charge in [-0.15, -0.1) is 0 Å². The highest BCUT2D eigenvalue weighted by atomic mass is 19.4. The molecule has 2 aromatic carbocycles. The van der Waals surface area contributed by atoms with Crippen molar-refractivity contribution in [2.75, 3.05) is 13.1 Å². The van der Waals surface area contributed by atoms with Crippen molar-refractivity contribution in [3.05, 3.63) is 70.8 Å². The van der Waals surface area contributed by atoms with Gasteiger partial charge in [0.25, 0.3) is 0 Å². The number of fused-ring (bicyclic) bond motifs is 1. The van der Waals surface area contributed by atoms with E-state index in [9.17, 15) is 18.0 Å². The van der Waals surface area contributed by atoms with Crippen LogP contribution in [0.5, 0.6) is 0 Å². The highest BCUT2D eigenvalue weighted by Gasteiger charge is 2.39. The van der Waals surface area contributed by atoms with E-state index in [2.05, 4.69) is 43.0 Å². The Morgan fingerprint density at radius 2 is 1.56 bits per heavy atom. The molecule has 0 unspecified atom stereocenters. The Morgan fingerprint density at radius 1 is 0.938 bits per heavy atom. The molecule has 2 aromatic rings. The minimum Gasteiger partial charge on any atom is -0.335 e. The molecule has 2 aliphatic rings. The highest BCUT2D eigenvalue weighted by Crippen LogP contribution is 2.34. The van der Waals surface area contributed by atoms with Crippen molar-refractivity contribution in [3.63, 3.8) is 0 Å². The summed E-state index contributed by atoms with van der Waals surface area (Å²) in [6.07, 6.45) is -2.04. The minimum atomic E-state index is -4.34. The Hall–Kier alpha value is -2.34. The first-order valence-electron chi connectivity index (χ1n) is 11.5. The first-order valence-corrected chi connectivity index (χ1v) is 11.5. The molecule has 0 spiro atoms. The van der Waals surface area contributed by atoms with Crippen molar-refractivity contribution in [1.29, 1.82) is 0 Å². The number of likely N-dealkylation sites (tertiary alicyclic amines) is 2. The van der Waals surface area contributed by atoms with Gasteiger partial charge in [-0.05, 0) is 53.5 Å². The molecule has 0 aromatic heterocycles. The van der Waals surface area contributed by atoms with Gasteiger partial charge in [0, 0.05) is 38.6 Å². The van der Waals surface area contributed by atoms with E-state index in [1.807, 2.05) is 4.90 Å². The van der Waals surface area contributed by atoms with Gasteiger partial charge in [-0.25, -0.2) is 0 Å². The van der Waals surface area contributed by atoms with Crippen molar-refractivity contribution in [2.45, 2.75) is 64.3 Å². The number of hydrogen-bond donors (Lipinski definition) is 0. The Balaban J connectivity index is 1.39. The van der Waals surface area contributed by atoms with Crippen LogP contribution in [0.4, 0.5) is 13.2 Å². The van der Waals surface area contributed by atoms with Crippen LogP contribution in [0.15, 0.2) is 48.5 Å². The standard InChI is InChI=1S/C26H31F3N2O/c1-18(2)21-7-3-19(4-8-21)15-30-14-13-24-22(17-30)9-12-25(32)31(24)16-20-5-10-23(11-6-20)26(27,28)29/h3-8,10-11,18,22,24H,9,12-17H2,1-2H3/t22-,24+/m0/s1. The van der Waals surface area contributed by atoms with Crippen LogP contribution in [0, 0.1) is 5.92 Å². The number of carbonyl (C=O) groups excluding carboxylic acids is 1. The van der Waals surface area contributed by atoms with E-state index in [4.69, 9.17) is 0 Å². The summed E-state index contributed by atoms with van der Waals surface area (Å²) in [5.74, 6) is 1.05. The fraction of sp³-hybridized carbons (Fsp3) is 0.500. The van der Waals surface area contributed by atoms with Crippen molar-refractivity contribution < 1.29 is 18.0 Å². The summed E-state index contributed by atoms with van der Waals surface area (Å²) in [6, 6.07) is 14.2. The van der Waals surface area contributed by atoms with Gasteiger partial charge < -0.3 is 4.90 Å². The molecule has 2 atom stereocenters. The lowest BCUT2D eigenvalue weighted by Gasteiger charge is -2.47. The molecule has 2 aliphatic heterocycles. The second-order valence-corrected chi connectivity index (χ2v) is 9.50. The van der Waals surface area contributed by atoms with Gasteiger partial charge in [0.1, 0.15) is 0 Å². The molecule has 0 saturated carbocycles. The number of amides is 1. The number of piperidine rings is 2. The van der Waals surface area contributed by atoms with E-state index in [1.54, 1.807) is 0 Å². The van der Waals surface area contributed by atoms with Gasteiger partial charge in [0.15, 0.2) is 0 Å². The molecular formula is C26H31F3N2O. The molecule has 1 amide bonds. The lowest BCUT2D eigenvalue weighted by atomic mass is 9.83. The van der Waals surface area contributed by atoms with E-state index in [0.717, 1.165) is 50.2 Å². The van der Waals surface area contributed by atoms with Crippen LogP contribution in [0.2, 0.25) is 0 Å². The Kier molecular flexibility index (Phi) is 6.61. The topological polar surface area (TPSA) is 23.6 Å². The van der Waals surface area contributed by atoms with Gasteiger partial charge >= 0.3 is 6.18 Å². The number of carbonyl (C=O) groups is 1. The molecular weight excluding hydrogens is 413 g/mol. The molecule has 0 radical (unpaired) electrons. The second-order valence-electron chi connectivity index (χ2n) is 9.50. The van der Waals surface area contributed by atoms with Crippen LogP contribution in [0.3, 0.4) is 0 Å². The summed E-state index contributed by atoms with van der Waals surface area (Å²) in [5, 5.41) is 0. The second kappa shape index (κ2) is 9.26. The smallest absolute Gasteiger partial charge is 0.335 e. The quantitative estimate of drug-likeness (QED) is 0.578. The number of rotatable bonds is 5. The first-order chi connectivity index (χ1) is 15.2. The van der Waals surface area contributed by atoms with Crippen LogP contribution >= 0.6 is 0 Å². The maximum atomic E-state index is 12.8. The molecule has 172 valence electrons. The molecule has 2 fully saturated rings. The summed E-state index contributed by atoms with van der Waals surface area (Å²) >= 11 is 0. The Morgan fingerprint density at radius 3 is 2.19 bits per heavy atom. The normalized spacial score (nSPS) is 22.3. The maximum absolute atomic E-state index is 12.8. The summed E-state index contributed by atoms with van der Waals surface area (Å²) < 4.78 is 38.5. The first kappa shape index (κ1) is 22.8. The van der Waals surface area contributed by atoms with E-state index in [0.29, 0.717) is 24.8 Å². The zero-order valence-corrected chi connectivity index (χ0v) is 18.7. The number of alkyl halides is 3. The third kappa shape index (κ3) is 5.17. The minimum absolute atomic E-state index is 0.115. The van der Waals surface area contributed by atoms with Crippen molar-refractivity contribution >= 4 is 5.91 Å². The van der Waals surface area contributed by atoms with Gasteiger partial charge in [-0.2, -0.15) is 13.2 Å². The number of nitrogens with zero attached hydrogens (tertiary/aromatic N) is 2. The molecule has 0 N–H and O–H groups in total. The summed E-state index contributed by atoms with van der Waals surface area (Å²) in [6.45, 7) is 7.56. The zero-order chi connectivity index (χ0) is 22.9. The summed E-state index contributed by atoms with van der Waals surface area (Å²) in [4.78, 5) is 17.0. The van der Waals surface area contributed by atoms with Crippen LogP contribution in [-0.4, -0.2) is 34.8 Å². The highest BCUT2D eigenvalue weighted by molar-refractivity contribution is 5.77. The average Bonchev–Trinajstić information content (AvgIpc) is 2.76. The molecule has 32 heavy (non-hydrogen) atoms. The summed E-state index contributed by atoms with van der Waals surface area (Å²) in [5.41, 5.74) is 2.75. The predicted octanol–water partition coefficient (Wildman–Crippen LogP) is 5.84. The molecule has 6 heteroatoms. The van der Waals surface area contributed by atoms with E-state index >= 15 is 0 Å². The number of hydrogen-bond acceptors (Lipinski definition) is 2. The van der Waals surface area contributed by atoms with Gasteiger partial charge in [0.2, 0.25) is 5.91 Å². The van der Waals surface area contributed by atoms with Gasteiger partial charge in [0.05, 0.1) is 5.56 Å². The number of halogens is 3. The lowest BCUT2D eigenvalue weighted by molar-refractivity contribution is -0.142. The monoisotopic (exact) mass is 444 g/mol. The molecule has 2 saturated heterocycles. The van der Waals surface area contributed by atoms with Crippen molar-refractivity contribution in [3.8, 4) is 0 Å². The third-order valence-corrected chi connectivity index (χ3v) is 6.91. The third-order valence-electron chi connectivity index (χ3n) is 6.91. The van der Waals surface area contributed by atoms with Crippen molar-refractivity contribution in [1.82, 2.24) is 9.80 Å². The van der Waals surface area contributed by atoms with E-state index < -0.39 is 11.7 Å². The average molecular weight is 445 g/mol. The molecule has 0 aliphatic carbocycles.